The predicted molar refractivity (Wildman–Crippen MR) is 95.7 cm³/mol. The fraction of sp³-hybridized carbons (Fsp3) is 0.810. The summed E-state index contributed by atoms with van der Waals surface area (Å²) in [5.74, 6) is 2.82. The lowest BCUT2D eigenvalue weighted by Crippen LogP contribution is -2.54. The number of nitrogens with two attached hydrogens (primary N) is 1. The Bertz CT molecular complexity index is 641. The maximum Gasteiger partial charge on any atom is 0.404 e. The number of hydrogen-bond acceptors (Lipinski definition) is 3. The molecule has 25 heavy (non-hydrogen) atoms. The number of allylic oxidation sites excluding steroid dienone is 1. The van der Waals surface area contributed by atoms with Gasteiger partial charge in [0.1, 0.15) is 6.10 Å². The monoisotopic (exact) mass is 345 g/mol. The van der Waals surface area contributed by atoms with Crippen LogP contribution in [0.1, 0.15) is 65.7 Å². The lowest BCUT2D eigenvalue weighted by Gasteiger charge is -2.59. The summed E-state index contributed by atoms with van der Waals surface area (Å²) in [7, 11) is 0. The van der Waals surface area contributed by atoms with Gasteiger partial charge in [0.05, 0.1) is 0 Å². The zero-order valence-electron chi connectivity index (χ0n) is 15.7. The quantitative estimate of drug-likeness (QED) is 0.773. The third-order valence-electron chi connectivity index (χ3n) is 8.48. The van der Waals surface area contributed by atoms with Crippen molar-refractivity contribution in [3.63, 3.8) is 0 Å². The van der Waals surface area contributed by atoms with E-state index in [1.54, 1.807) is 0 Å². The summed E-state index contributed by atoms with van der Waals surface area (Å²) < 4.78 is 5.53. The second kappa shape index (κ2) is 5.59. The molecule has 1 amide bonds. The van der Waals surface area contributed by atoms with Crippen LogP contribution in [0.15, 0.2) is 11.6 Å². The summed E-state index contributed by atoms with van der Waals surface area (Å²) in [6.45, 7) is 7.09. The van der Waals surface area contributed by atoms with Gasteiger partial charge in [0.25, 0.3) is 0 Å². The van der Waals surface area contributed by atoms with E-state index in [1.165, 1.54) is 12.0 Å². The molecule has 0 saturated heterocycles. The van der Waals surface area contributed by atoms with Gasteiger partial charge in [0, 0.05) is 11.8 Å². The molecule has 4 aliphatic carbocycles. The molecule has 0 aromatic carbocycles. The topological polar surface area (TPSA) is 69.4 Å². The van der Waals surface area contributed by atoms with Crippen LogP contribution in [0.5, 0.6) is 0 Å². The maximum atomic E-state index is 12.0. The van der Waals surface area contributed by atoms with Crippen LogP contribution in [-0.2, 0) is 9.53 Å². The van der Waals surface area contributed by atoms with E-state index in [2.05, 4.69) is 20.8 Å². The Morgan fingerprint density at radius 2 is 1.96 bits per heavy atom. The summed E-state index contributed by atoms with van der Waals surface area (Å²) in [6.07, 6.45) is 8.42. The van der Waals surface area contributed by atoms with Crippen LogP contribution < -0.4 is 5.73 Å². The summed E-state index contributed by atoms with van der Waals surface area (Å²) in [6, 6.07) is 0. The highest BCUT2D eigenvalue weighted by atomic mass is 16.6. The van der Waals surface area contributed by atoms with E-state index in [4.69, 9.17) is 10.5 Å². The smallest absolute Gasteiger partial charge is 0.404 e. The van der Waals surface area contributed by atoms with Gasteiger partial charge in [-0.1, -0.05) is 26.3 Å². The van der Waals surface area contributed by atoms with Crippen molar-refractivity contribution in [3.8, 4) is 0 Å². The van der Waals surface area contributed by atoms with Gasteiger partial charge in [0.15, 0.2) is 5.78 Å². The van der Waals surface area contributed by atoms with Gasteiger partial charge in [-0.25, -0.2) is 4.79 Å². The molecule has 0 bridgehead atoms. The van der Waals surface area contributed by atoms with E-state index in [-0.39, 0.29) is 16.9 Å². The number of hydrogen-bond donors (Lipinski definition) is 1. The number of fused-ring (bicyclic) bond motifs is 5. The fourth-order valence-corrected chi connectivity index (χ4v) is 7.19. The molecular formula is C21H31NO3. The van der Waals surface area contributed by atoms with Gasteiger partial charge in [-0.2, -0.15) is 0 Å². The Hall–Kier alpha value is -1.32. The largest absolute Gasteiger partial charge is 0.446 e. The first-order valence-electron chi connectivity index (χ1n) is 9.95. The molecule has 0 heterocycles. The van der Waals surface area contributed by atoms with Crippen molar-refractivity contribution in [2.24, 2.45) is 40.2 Å². The zero-order valence-corrected chi connectivity index (χ0v) is 15.7. The molecule has 4 nitrogen and oxygen atoms in total. The molecule has 0 radical (unpaired) electrons. The third kappa shape index (κ3) is 2.39. The molecule has 4 aliphatic rings. The highest BCUT2D eigenvalue weighted by Gasteiger charge is 2.61. The second-order valence-corrected chi connectivity index (χ2v) is 9.57. The molecule has 0 aromatic rings. The molecule has 3 saturated carbocycles. The molecule has 0 aromatic heterocycles. The first-order chi connectivity index (χ1) is 11.8. The van der Waals surface area contributed by atoms with Crippen LogP contribution in [0.2, 0.25) is 0 Å². The molecule has 0 spiro atoms. The van der Waals surface area contributed by atoms with Crippen molar-refractivity contribution >= 4 is 11.9 Å². The van der Waals surface area contributed by atoms with Crippen LogP contribution in [-0.4, -0.2) is 18.0 Å². The Morgan fingerprint density at radius 3 is 2.68 bits per heavy atom. The third-order valence-corrected chi connectivity index (χ3v) is 8.48. The van der Waals surface area contributed by atoms with Crippen LogP contribution in [0.25, 0.3) is 0 Å². The van der Waals surface area contributed by atoms with Crippen molar-refractivity contribution in [3.05, 3.63) is 11.6 Å². The fourth-order valence-electron chi connectivity index (χ4n) is 7.19. The molecule has 138 valence electrons. The summed E-state index contributed by atoms with van der Waals surface area (Å²) in [4.78, 5) is 23.3. The van der Waals surface area contributed by atoms with Gasteiger partial charge in [-0.05, 0) is 73.7 Å². The zero-order chi connectivity index (χ0) is 18.0. The number of ether oxygens (including phenoxy) is 1. The number of amides is 1. The van der Waals surface area contributed by atoms with E-state index in [0.29, 0.717) is 35.9 Å². The number of primary amides is 1. The van der Waals surface area contributed by atoms with Gasteiger partial charge in [0.2, 0.25) is 0 Å². The molecule has 4 rings (SSSR count). The van der Waals surface area contributed by atoms with Gasteiger partial charge >= 0.3 is 6.09 Å². The average Bonchev–Trinajstić information content (AvgIpc) is 2.85. The summed E-state index contributed by atoms with van der Waals surface area (Å²) in [5.41, 5.74) is 6.99. The Morgan fingerprint density at radius 1 is 1.20 bits per heavy atom. The van der Waals surface area contributed by atoms with Gasteiger partial charge < -0.3 is 10.5 Å². The number of carbonyl (C=O) groups is 2. The number of carbonyl (C=O) groups excluding carboxylic acids is 2. The summed E-state index contributed by atoms with van der Waals surface area (Å²) >= 11 is 0. The van der Waals surface area contributed by atoms with Gasteiger partial charge in [-0.3, -0.25) is 4.79 Å². The van der Waals surface area contributed by atoms with Crippen molar-refractivity contribution in [1.29, 1.82) is 0 Å². The standard InChI is InChI=1S/C21H31NO3/c1-12-10-13-11-14(23)6-8-20(13,2)16-7-9-21(3)15(18(12)16)4-5-17(21)25-19(22)24/h11-12,15-18H,4-10H2,1-3H3,(H2,22,24)/t12-,15?,16?,17+,18?,20+,21+/m1/s1. The molecule has 3 fully saturated rings. The van der Waals surface area contributed by atoms with E-state index in [1.807, 2.05) is 6.08 Å². The number of ketones is 1. The highest BCUT2D eigenvalue weighted by Crippen LogP contribution is 2.66. The lowest BCUT2D eigenvalue weighted by molar-refractivity contribution is -0.119. The minimum Gasteiger partial charge on any atom is -0.446 e. The Balaban J connectivity index is 1.67. The maximum absolute atomic E-state index is 12.0. The highest BCUT2D eigenvalue weighted by molar-refractivity contribution is 5.91. The SMILES string of the molecule is C[C@@H]1CC2=CC(=O)CC[C@]2(C)C2CC[C@@]3(C)C(CC[C@@H]3OC(N)=O)C21. The average molecular weight is 345 g/mol. The van der Waals surface area contributed by atoms with Crippen LogP contribution in [0.4, 0.5) is 4.79 Å². The van der Waals surface area contributed by atoms with Crippen LogP contribution >= 0.6 is 0 Å². The normalized spacial score (nSPS) is 48.8. The van der Waals surface area contributed by atoms with E-state index >= 15 is 0 Å². The predicted octanol–water partition coefficient (Wildman–Crippen LogP) is 4.23. The van der Waals surface area contributed by atoms with Crippen molar-refractivity contribution < 1.29 is 14.3 Å². The lowest BCUT2D eigenvalue weighted by atomic mass is 9.45. The molecule has 0 aliphatic heterocycles. The molecule has 4 heteroatoms. The van der Waals surface area contributed by atoms with Crippen molar-refractivity contribution in [1.82, 2.24) is 0 Å². The first kappa shape index (κ1) is 17.1. The Labute approximate surface area is 150 Å². The van der Waals surface area contributed by atoms with E-state index < -0.39 is 6.09 Å². The van der Waals surface area contributed by atoms with Crippen molar-refractivity contribution in [2.75, 3.05) is 0 Å². The summed E-state index contributed by atoms with van der Waals surface area (Å²) in [5, 5.41) is 0. The van der Waals surface area contributed by atoms with E-state index in [0.717, 1.165) is 32.1 Å². The van der Waals surface area contributed by atoms with Crippen LogP contribution in [0.3, 0.4) is 0 Å². The molecule has 7 atom stereocenters. The molecule has 3 unspecified atom stereocenters. The molecular weight excluding hydrogens is 314 g/mol. The minimum atomic E-state index is -0.631. The van der Waals surface area contributed by atoms with E-state index in [9.17, 15) is 9.59 Å². The Kier molecular flexibility index (Phi) is 3.82. The molecule has 2 N–H and O–H groups in total. The van der Waals surface area contributed by atoms with Gasteiger partial charge in [-0.15, -0.1) is 0 Å². The van der Waals surface area contributed by atoms with Crippen LogP contribution in [0, 0.1) is 34.5 Å². The second-order valence-electron chi connectivity index (χ2n) is 9.57. The first-order valence-corrected chi connectivity index (χ1v) is 9.95. The minimum absolute atomic E-state index is 0.0270. The number of rotatable bonds is 1. The van der Waals surface area contributed by atoms with Crippen molar-refractivity contribution in [2.45, 2.75) is 71.8 Å².